The van der Waals surface area contributed by atoms with Crippen molar-refractivity contribution in [1.29, 1.82) is 0 Å². The van der Waals surface area contributed by atoms with Crippen LogP contribution < -0.4 is 9.64 Å². The minimum atomic E-state index is -0.673. The molecule has 0 radical (unpaired) electrons. The van der Waals surface area contributed by atoms with E-state index in [4.69, 9.17) is 21.3 Å². The molecule has 4 aromatic rings. The molecule has 7 rings (SSSR count). The number of ether oxygens (including phenoxy) is 1. The number of fused-ring (bicyclic) bond motifs is 3. The van der Waals surface area contributed by atoms with Crippen LogP contribution in [-0.4, -0.2) is 82.1 Å². The molecule has 0 bridgehead atoms. The Morgan fingerprint density at radius 1 is 1.18 bits per heavy atom. The first-order valence-corrected chi connectivity index (χ1v) is 15.4. The maximum absolute atomic E-state index is 16.6. The second-order valence-corrected chi connectivity index (χ2v) is 12.4. The van der Waals surface area contributed by atoms with Crippen molar-refractivity contribution in [2.45, 2.75) is 43.7 Å². The molecule has 3 aliphatic heterocycles. The van der Waals surface area contributed by atoms with Gasteiger partial charge in [0.2, 0.25) is 5.91 Å². The number of likely N-dealkylation sites (tertiary alicyclic amines) is 1. The Morgan fingerprint density at radius 3 is 2.75 bits per heavy atom. The van der Waals surface area contributed by atoms with Crippen LogP contribution in [0.2, 0.25) is 5.02 Å². The molecule has 11 heteroatoms. The van der Waals surface area contributed by atoms with Gasteiger partial charge in [-0.3, -0.25) is 14.7 Å². The van der Waals surface area contributed by atoms with Gasteiger partial charge >= 0.3 is 6.01 Å². The molecule has 5 heterocycles. The van der Waals surface area contributed by atoms with Crippen LogP contribution in [0.25, 0.3) is 32.9 Å². The van der Waals surface area contributed by atoms with Crippen LogP contribution in [0.15, 0.2) is 49.2 Å². The van der Waals surface area contributed by atoms with Crippen molar-refractivity contribution >= 4 is 45.0 Å². The Morgan fingerprint density at radius 2 is 1.98 bits per heavy atom. The Hall–Kier alpha value is -3.89. The van der Waals surface area contributed by atoms with E-state index in [0.29, 0.717) is 53.7 Å². The Bertz CT molecular complexity index is 1790. The molecule has 3 fully saturated rings. The number of hydrogen-bond donors (Lipinski definition) is 0. The lowest BCUT2D eigenvalue weighted by Crippen LogP contribution is -2.43. The molecule has 3 aliphatic rings. The number of pyridine rings is 1. The van der Waals surface area contributed by atoms with E-state index < -0.39 is 11.6 Å². The molecule has 1 atom stereocenters. The molecule has 0 unspecified atom stereocenters. The Labute approximate surface area is 259 Å². The summed E-state index contributed by atoms with van der Waals surface area (Å²) in [7, 11) is 1.88. The monoisotopic (exact) mass is 618 g/mol. The fourth-order valence-corrected chi connectivity index (χ4v) is 7.54. The van der Waals surface area contributed by atoms with Crippen molar-refractivity contribution in [2.75, 3.05) is 44.7 Å². The summed E-state index contributed by atoms with van der Waals surface area (Å²) in [6, 6.07) is 8.15. The molecule has 0 spiro atoms. The number of rotatable bonds is 7. The molecule has 228 valence electrons. The predicted molar refractivity (Wildman–Crippen MR) is 167 cm³/mol. The molecule has 1 amide bonds. The summed E-state index contributed by atoms with van der Waals surface area (Å²) >= 11 is 6.39. The minimum Gasteiger partial charge on any atom is -0.461 e. The fourth-order valence-electron chi connectivity index (χ4n) is 7.27. The van der Waals surface area contributed by atoms with Crippen LogP contribution in [0.5, 0.6) is 6.01 Å². The standard InChI is InChI=1S/C33H33ClF2N6O2/c1-3-25(43)41-16-11-21(18-41)40(2)31-23-17-37-29(22-8-4-7-20-9-10-24(35)27(34)26(20)22)28(36)30(23)38-32(39-31)44-19-33-12-5-14-42(33)15-6-13-33/h3-4,7-10,17,21H,1,5-6,11-16,18-19H2,2H3/t21-/m1/s1. The van der Waals surface area contributed by atoms with Crippen LogP contribution in [-0.2, 0) is 4.79 Å². The second-order valence-electron chi connectivity index (χ2n) is 12.0. The van der Waals surface area contributed by atoms with Crippen molar-refractivity contribution < 1.29 is 18.3 Å². The van der Waals surface area contributed by atoms with Gasteiger partial charge in [-0.15, -0.1) is 0 Å². The zero-order chi connectivity index (χ0) is 30.6. The SMILES string of the molecule is C=CC(=O)N1CC[C@@H](N(C)c2nc(OCC34CCCN3CCC4)nc3c(F)c(-c4cccc5ccc(F)c(Cl)c45)ncc23)C1. The number of carbonyl (C=O) groups is 1. The van der Waals surface area contributed by atoms with E-state index in [0.717, 1.165) is 38.8 Å². The van der Waals surface area contributed by atoms with Gasteiger partial charge < -0.3 is 14.5 Å². The van der Waals surface area contributed by atoms with Gasteiger partial charge in [0.1, 0.15) is 29.5 Å². The Kier molecular flexibility index (Phi) is 7.37. The lowest BCUT2D eigenvalue weighted by Gasteiger charge is -2.31. The molecule has 2 aromatic carbocycles. The number of anilines is 1. The van der Waals surface area contributed by atoms with Crippen molar-refractivity contribution in [1.82, 2.24) is 24.8 Å². The van der Waals surface area contributed by atoms with Gasteiger partial charge in [0.15, 0.2) is 5.82 Å². The topological polar surface area (TPSA) is 74.7 Å². The summed E-state index contributed by atoms with van der Waals surface area (Å²) in [5.74, 6) is -0.928. The first kappa shape index (κ1) is 28.9. The van der Waals surface area contributed by atoms with E-state index in [1.54, 1.807) is 35.4 Å². The summed E-state index contributed by atoms with van der Waals surface area (Å²) in [5, 5.41) is 1.36. The third kappa shape index (κ3) is 4.75. The molecule has 8 nitrogen and oxygen atoms in total. The summed E-state index contributed by atoms with van der Waals surface area (Å²) in [4.78, 5) is 32.4. The maximum atomic E-state index is 16.6. The normalized spacial score (nSPS) is 19.5. The average Bonchev–Trinajstić information content (AvgIpc) is 3.78. The molecule has 44 heavy (non-hydrogen) atoms. The third-order valence-corrected chi connectivity index (χ3v) is 10.0. The van der Waals surface area contributed by atoms with Crippen LogP contribution in [0.3, 0.4) is 0 Å². The number of likely N-dealkylation sites (N-methyl/N-ethyl adjacent to an activating group) is 1. The van der Waals surface area contributed by atoms with Crippen LogP contribution in [0.1, 0.15) is 32.1 Å². The van der Waals surface area contributed by atoms with E-state index in [1.807, 2.05) is 11.9 Å². The molecule has 0 aliphatic carbocycles. The van der Waals surface area contributed by atoms with Crippen molar-refractivity contribution in [3.63, 3.8) is 0 Å². The number of benzene rings is 2. The van der Waals surface area contributed by atoms with Crippen LogP contribution in [0, 0.1) is 11.6 Å². The first-order valence-electron chi connectivity index (χ1n) is 15.0. The zero-order valence-electron chi connectivity index (χ0n) is 24.5. The lowest BCUT2D eigenvalue weighted by atomic mass is 9.95. The number of aromatic nitrogens is 3. The van der Waals surface area contributed by atoms with Gasteiger partial charge in [-0.25, -0.2) is 8.78 Å². The summed E-state index contributed by atoms with van der Waals surface area (Å²) < 4.78 is 37.5. The van der Waals surface area contributed by atoms with Gasteiger partial charge in [-0.2, -0.15) is 9.97 Å². The number of carbonyl (C=O) groups excluding carboxylic acids is 1. The van der Waals surface area contributed by atoms with Gasteiger partial charge in [0, 0.05) is 43.3 Å². The van der Waals surface area contributed by atoms with Crippen molar-refractivity contribution in [3.8, 4) is 17.3 Å². The molecular weight excluding hydrogens is 586 g/mol. The lowest BCUT2D eigenvalue weighted by molar-refractivity contribution is -0.125. The summed E-state index contributed by atoms with van der Waals surface area (Å²) in [5.41, 5.74) is 0.375. The molecule has 0 N–H and O–H groups in total. The quantitative estimate of drug-likeness (QED) is 0.235. The average molecular weight is 619 g/mol. The van der Waals surface area contributed by atoms with Crippen molar-refractivity contribution in [3.05, 3.63) is 65.8 Å². The predicted octanol–water partition coefficient (Wildman–Crippen LogP) is 6.01. The third-order valence-electron chi connectivity index (χ3n) is 9.65. The van der Waals surface area contributed by atoms with E-state index in [1.165, 1.54) is 12.1 Å². The summed E-state index contributed by atoms with van der Waals surface area (Å²) in [6.07, 6.45) is 7.91. The van der Waals surface area contributed by atoms with E-state index >= 15 is 4.39 Å². The van der Waals surface area contributed by atoms with Crippen LogP contribution in [0.4, 0.5) is 14.6 Å². The van der Waals surface area contributed by atoms with E-state index in [-0.39, 0.29) is 39.7 Å². The largest absolute Gasteiger partial charge is 0.461 e. The molecule has 2 aromatic heterocycles. The molecule has 3 saturated heterocycles. The van der Waals surface area contributed by atoms with E-state index in [2.05, 4.69) is 21.4 Å². The van der Waals surface area contributed by atoms with Crippen LogP contribution >= 0.6 is 11.6 Å². The first-order chi connectivity index (χ1) is 21.3. The van der Waals surface area contributed by atoms with Crippen molar-refractivity contribution in [2.24, 2.45) is 0 Å². The second kappa shape index (κ2) is 11.2. The Balaban J connectivity index is 1.33. The molecular formula is C33H33ClF2N6O2. The molecule has 0 saturated carbocycles. The van der Waals surface area contributed by atoms with Gasteiger partial charge in [0.25, 0.3) is 0 Å². The smallest absolute Gasteiger partial charge is 0.319 e. The highest BCUT2D eigenvalue weighted by molar-refractivity contribution is 6.36. The highest BCUT2D eigenvalue weighted by Gasteiger charge is 2.45. The van der Waals surface area contributed by atoms with Gasteiger partial charge in [-0.1, -0.05) is 42.4 Å². The maximum Gasteiger partial charge on any atom is 0.319 e. The number of hydrogen-bond acceptors (Lipinski definition) is 7. The zero-order valence-corrected chi connectivity index (χ0v) is 25.3. The van der Waals surface area contributed by atoms with E-state index in [9.17, 15) is 9.18 Å². The highest BCUT2D eigenvalue weighted by atomic mass is 35.5. The highest BCUT2D eigenvalue weighted by Crippen LogP contribution is 2.41. The fraction of sp³-hybridized carbons (Fsp3) is 0.394. The number of nitrogens with zero attached hydrogens (tertiary/aromatic N) is 6. The number of halogens is 3. The minimum absolute atomic E-state index is 0.00817. The van der Waals surface area contributed by atoms with Gasteiger partial charge in [0.05, 0.1) is 15.9 Å². The summed E-state index contributed by atoms with van der Waals surface area (Å²) in [6.45, 7) is 7.20. The number of amides is 1. The van der Waals surface area contributed by atoms with Gasteiger partial charge in [-0.05, 0) is 62.7 Å².